The third-order valence-corrected chi connectivity index (χ3v) is 9.44. The van der Waals surface area contributed by atoms with Crippen molar-refractivity contribution in [3.05, 3.63) is 118 Å². The number of fused-ring (bicyclic) bond motifs is 6. The third-order valence-electron chi connectivity index (χ3n) is 8.56. The number of para-hydroxylation sites is 1. The predicted molar refractivity (Wildman–Crippen MR) is 157 cm³/mol. The van der Waals surface area contributed by atoms with Gasteiger partial charge in [-0.25, -0.2) is 0 Å². The molecular formula is C33H26N2O5S. The number of methoxy groups -OCH3 is 2. The van der Waals surface area contributed by atoms with Gasteiger partial charge in [-0.3, -0.25) is 14.4 Å². The van der Waals surface area contributed by atoms with Crippen LogP contribution >= 0.6 is 11.3 Å². The lowest BCUT2D eigenvalue weighted by atomic mass is 9.62. The van der Waals surface area contributed by atoms with Crippen molar-refractivity contribution in [1.29, 1.82) is 0 Å². The smallest absolute Gasteiger partial charge is 0.238 e. The molecule has 8 heteroatoms. The first-order valence-electron chi connectivity index (χ1n) is 13.3. The molecule has 1 N–H and O–H groups in total. The van der Waals surface area contributed by atoms with Gasteiger partial charge in [-0.2, -0.15) is 0 Å². The maximum Gasteiger partial charge on any atom is 0.238 e. The second-order valence-electron chi connectivity index (χ2n) is 10.4. The lowest BCUT2D eigenvalue weighted by Crippen LogP contribution is -2.49. The second kappa shape index (κ2) is 9.45. The van der Waals surface area contributed by atoms with Crippen molar-refractivity contribution in [2.45, 2.75) is 17.5 Å². The van der Waals surface area contributed by atoms with E-state index in [0.717, 1.165) is 11.1 Å². The highest BCUT2D eigenvalue weighted by atomic mass is 32.1. The molecule has 0 radical (unpaired) electrons. The SMILES string of the molecule is COc1ccc(C(=O)C2C(C(=O)c3cccs3)N3C=Cc4ccccc4C3C23C(=O)Nc2ccccc23)c(OC)c1. The summed E-state index contributed by atoms with van der Waals surface area (Å²) >= 11 is 1.33. The Morgan fingerprint density at radius 2 is 1.73 bits per heavy atom. The van der Waals surface area contributed by atoms with Crippen molar-refractivity contribution < 1.29 is 23.9 Å². The van der Waals surface area contributed by atoms with Crippen molar-refractivity contribution in [2.24, 2.45) is 5.92 Å². The van der Waals surface area contributed by atoms with Gasteiger partial charge in [-0.05, 0) is 52.4 Å². The minimum absolute atomic E-state index is 0.200. The van der Waals surface area contributed by atoms with E-state index in [9.17, 15) is 14.4 Å². The van der Waals surface area contributed by atoms with Crippen LogP contribution in [0.25, 0.3) is 6.08 Å². The summed E-state index contributed by atoms with van der Waals surface area (Å²) < 4.78 is 11.0. The topological polar surface area (TPSA) is 84.9 Å². The van der Waals surface area contributed by atoms with E-state index in [4.69, 9.17) is 9.47 Å². The van der Waals surface area contributed by atoms with Crippen LogP contribution in [-0.4, -0.2) is 42.6 Å². The fraction of sp³-hybridized carbons (Fsp3) is 0.182. The average molecular weight is 563 g/mol. The summed E-state index contributed by atoms with van der Waals surface area (Å²) in [5.41, 5.74) is 2.09. The molecule has 204 valence electrons. The first-order chi connectivity index (χ1) is 20.0. The summed E-state index contributed by atoms with van der Waals surface area (Å²) in [7, 11) is 3.03. The van der Waals surface area contributed by atoms with Gasteiger partial charge in [0.25, 0.3) is 0 Å². The number of hydrogen-bond acceptors (Lipinski definition) is 7. The van der Waals surface area contributed by atoms with Gasteiger partial charge in [0, 0.05) is 18.0 Å². The molecule has 3 aromatic carbocycles. The van der Waals surface area contributed by atoms with E-state index in [2.05, 4.69) is 5.32 Å². The maximum atomic E-state index is 15.0. The Bertz CT molecular complexity index is 1750. The fourth-order valence-electron chi connectivity index (χ4n) is 6.90. The lowest BCUT2D eigenvalue weighted by molar-refractivity contribution is -0.122. The number of nitrogens with one attached hydrogen (secondary N) is 1. The molecule has 3 aliphatic heterocycles. The molecular weight excluding hydrogens is 536 g/mol. The zero-order valence-electron chi connectivity index (χ0n) is 22.4. The fourth-order valence-corrected chi connectivity index (χ4v) is 7.60. The minimum atomic E-state index is -1.39. The normalized spacial score (nSPS) is 23.5. The van der Waals surface area contributed by atoms with Gasteiger partial charge >= 0.3 is 0 Å². The van der Waals surface area contributed by atoms with Gasteiger partial charge in [0.15, 0.2) is 11.6 Å². The number of rotatable bonds is 6. The molecule has 1 saturated heterocycles. The van der Waals surface area contributed by atoms with Gasteiger partial charge in [-0.15, -0.1) is 11.3 Å². The number of carbonyl (C=O) groups excluding carboxylic acids is 3. The van der Waals surface area contributed by atoms with Gasteiger partial charge in [0.1, 0.15) is 23.0 Å². The molecule has 1 aromatic heterocycles. The molecule has 4 aromatic rings. The molecule has 7 nitrogen and oxygen atoms in total. The Morgan fingerprint density at radius 1 is 0.927 bits per heavy atom. The molecule has 0 aliphatic carbocycles. The summed E-state index contributed by atoms with van der Waals surface area (Å²) in [4.78, 5) is 46.4. The van der Waals surface area contributed by atoms with Crippen molar-refractivity contribution >= 4 is 40.6 Å². The number of amides is 1. The Morgan fingerprint density at radius 3 is 2.51 bits per heavy atom. The Labute approximate surface area is 241 Å². The third kappa shape index (κ3) is 3.47. The van der Waals surface area contributed by atoms with Gasteiger partial charge in [0.2, 0.25) is 5.91 Å². The van der Waals surface area contributed by atoms with Gasteiger partial charge in [0.05, 0.1) is 36.6 Å². The highest BCUT2D eigenvalue weighted by Gasteiger charge is 2.71. The standard InChI is InChI=1S/C33H26N2O5S/c1-39-20-13-14-22(25(18-20)40-2)29(36)27-28(30(37)26-12-7-17-41-26)35-16-15-19-8-3-4-9-21(19)31(35)33(27)23-10-5-6-11-24(23)34-32(33)38/h3-18,27-28,31H,1-2H3,(H,34,38). The average Bonchev–Trinajstić information content (AvgIpc) is 3.73. The summed E-state index contributed by atoms with van der Waals surface area (Å²) in [5.74, 6) is -1.06. The van der Waals surface area contributed by atoms with Crippen LogP contribution in [0, 0.1) is 5.92 Å². The molecule has 3 aliphatic rings. The quantitative estimate of drug-likeness (QED) is 0.302. The first kappa shape index (κ1) is 25.3. The number of ether oxygens (including phenoxy) is 2. The number of thiophene rings is 1. The highest BCUT2D eigenvalue weighted by molar-refractivity contribution is 7.12. The van der Waals surface area contributed by atoms with E-state index in [1.54, 1.807) is 31.4 Å². The van der Waals surface area contributed by atoms with Gasteiger partial charge in [-0.1, -0.05) is 48.5 Å². The molecule has 0 saturated carbocycles. The zero-order valence-corrected chi connectivity index (χ0v) is 23.2. The number of anilines is 1. The van der Waals surface area contributed by atoms with E-state index in [1.807, 2.05) is 77.2 Å². The predicted octanol–water partition coefficient (Wildman–Crippen LogP) is 5.75. The Balaban J connectivity index is 1.54. The monoisotopic (exact) mass is 562 g/mol. The van der Waals surface area contributed by atoms with Crippen LogP contribution in [-0.2, 0) is 10.2 Å². The number of carbonyl (C=O) groups is 3. The van der Waals surface area contributed by atoms with E-state index in [-0.39, 0.29) is 23.0 Å². The van der Waals surface area contributed by atoms with Crippen molar-refractivity contribution in [3.8, 4) is 11.5 Å². The van der Waals surface area contributed by atoms with Crippen molar-refractivity contribution in [1.82, 2.24) is 4.90 Å². The number of nitrogens with zero attached hydrogens (tertiary/aromatic N) is 1. The number of benzene rings is 3. The molecule has 7 rings (SSSR count). The molecule has 4 atom stereocenters. The van der Waals surface area contributed by atoms with E-state index in [1.165, 1.54) is 18.4 Å². The van der Waals surface area contributed by atoms with Crippen LogP contribution < -0.4 is 14.8 Å². The number of Topliss-reactive ketones (excluding diaryl/α,β-unsaturated/α-hetero) is 2. The van der Waals surface area contributed by atoms with Crippen LogP contribution in [0.4, 0.5) is 5.69 Å². The summed E-state index contributed by atoms with van der Waals surface area (Å²) in [6.45, 7) is 0. The van der Waals surface area contributed by atoms with Crippen molar-refractivity contribution in [3.63, 3.8) is 0 Å². The van der Waals surface area contributed by atoms with Crippen LogP contribution in [0.15, 0.2) is 90.4 Å². The summed E-state index contributed by atoms with van der Waals surface area (Å²) in [6.07, 6.45) is 3.82. The molecule has 1 fully saturated rings. The second-order valence-corrected chi connectivity index (χ2v) is 11.3. The summed E-state index contributed by atoms with van der Waals surface area (Å²) in [5, 5.41) is 4.91. The minimum Gasteiger partial charge on any atom is -0.497 e. The van der Waals surface area contributed by atoms with E-state index in [0.29, 0.717) is 27.6 Å². The number of ketones is 2. The molecule has 4 unspecified atom stereocenters. The summed E-state index contributed by atoms with van der Waals surface area (Å²) in [6, 6.07) is 22.4. The van der Waals surface area contributed by atoms with Crippen LogP contribution in [0.5, 0.6) is 11.5 Å². The Hall–Kier alpha value is -4.69. The van der Waals surface area contributed by atoms with E-state index < -0.39 is 23.4 Å². The highest BCUT2D eigenvalue weighted by Crippen LogP contribution is 2.62. The van der Waals surface area contributed by atoms with Crippen LogP contribution in [0.2, 0.25) is 0 Å². The molecule has 0 bridgehead atoms. The lowest BCUT2D eigenvalue weighted by Gasteiger charge is -2.38. The van der Waals surface area contributed by atoms with Crippen LogP contribution in [0.1, 0.15) is 42.8 Å². The zero-order chi connectivity index (χ0) is 28.3. The first-order valence-corrected chi connectivity index (χ1v) is 14.2. The van der Waals surface area contributed by atoms with E-state index >= 15 is 0 Å². The molecule has 41 heavy (non-hydrogen) atoms. The van der Waals surface area contributed by atoms with Crippen molar-refractivity contribution in [2.75, 3.05) is 19.5 Å². The molecule has 1 spiro atoms. The number of hydrogen-bond donors (Lipinski definition) is 1. The van der Waals surface area contributed by atoms with Crippen LogP contribution in [0.3, 0.4) is 0 Å². The largest absolute Gasteiger partial charge is 0.497 e. The molecule has 1 amide bonds. The maximum absolute atomic E-state index is 15.0. The van der Waals surface area contributed by atoms with Gasteiger partial charge < -0.3 is 19.7 Å². The Kier molecular flexibility index (Phi) is 5.83. The molecule has 4 heterocycles.